The zero-order chi connectivity index (χ0) is 17.1. The molecule has 3 rings (SSSR count). The molecule has 23 heavy (non-hydrogen) atoms. The Morgan fingerprint density at radius 3 is 2.70 bits per heavy atom. The predicted octanol–water partition coefficient (Wildman–Crippen LogP) is 3.86. The third-order valence-electron chi connectivity index (χ3n) is 3.45. The molecule has 1 aliphatic heterocycles. The highest BCUT2D eigenvalue weighted by Crippen LogP contribution is 2.31. The van der Waals surface area contributed by atoms with Gasteiger partial charge in [-0.3, -0.25) is 0 Å². The standard InChI is InChI=1S/C14H12BrFN4S.C2H6/c1-6-12-11(20-14(17)18-6)5-10(19-13(12)21)8-3-2-7(16)4-9(8)15;1-2/h2-4,10H,5H2,1H3,(H,19,21)(H2,17,18,20);1-2H3. The maximum Gasteiger partial charge on any atom is 0.220 e. The van der Waals surface area contributed by atoms with Crippen molar-refractivity contribution in [3.63, 3.8) is 0 Å². The molecule has 1 atom stereocenters. The first kappa shape index (κ1) is 17.7. The molecule has 0 bridgehead atoms. The highest BCUT2D eigenvalue weighted by atomic mass is 79.9. The first-order valence-corrected chi connectivity index (χ1v) is 8.54. The Hall–Kier alpha value is -1.60. The molecule has 0 saturated carbocycles. The van der Waals surface area contributed by atoms with E-state index < -0.39 is 0 Å². The molecule has 1 aliphatic rings. The topological polar surface area (TPSA) is 63.8 Å². The van der Waals surface area contributed by atoms with E-state index in [9.17, 15) is 4.39 Å². The van der Waals surface area contributed by atoms with Crippen LogP contribution >= 0.6 is 28.1 Å². The Kier molecular flexibility index (Phi) is 5.64. The van der Waals surface area contributed by atoms with Gasteiger partial charge in [-0.05, 0) is 24.6 Å². The number of aromatic nitrogens is 2. The molecule has 2 aromatic rings. The summed E-state index contributed by atoms with van der Waals surface area (Å²) >= 11 is 8.81. The van der Waals surface area contributed by atoms with Gasteiger partial charge >= 0.3 is 0 Å². The lowest BCUT2D eigenvalue weighted by Crippen LogP contribution is -2.36. The average molecular weight is 397 g/mol. The van der Waals surface area contributed by atoms with E-state index in [0.29, 0.717) is 15.9 Å². The summed E-state index contributed by atoms with van der Waals surface area (Å²) < 4.78 is 13.9. The average Bonchev–Trinajstić information content (AvgIpc) is 2.47. The van der Waals surface area contributed by atoms with Crippen LogP contribution in [0.15, 0.2) is 22.7 Å². The summed E-state index contributed by atoms with van der Waals surface area (Å²) in [4.78, 5) is 9.03. The predicted molar refractivity (Wildman–Crippen MR) is 97.9 cm³/mol. The summed E-state index contributed by atoms with van der Waals surface area (Å²) in [6.45, 7) is 5.86. The van der Waals surface area contributed by atoms with Gasteiger partial charge in [-0.15, -0.1) is 0 Å². The number of nitrogen functional groups attached to an aromatic ring is 1. The minimum Gasteiger partial charge on any atom is -0.368 e. The van der Waals surface area contributed by atoms with E-state index in [-0.39, 0.29) is 17.8 Å². The van der Waals surface area contributed by atoms with Crippen molar-refractivity contribution in [2.45, 2.75) is 33.2 Å². The molecule has 0 fully saturated rings. The first-order chi connectivity index (χ1) is 11.0. The van der Waals surface area contributed by atoms with Crippen molar-refractivity contribution >= 4 is 39.1 Å². The monoisotopic (exact) mass is 396 g/mol. The number of rotatable bonds is 1. The van der Waals surface area contributed by atoms with E-state index in [4.69, 9.17) is 18.0 Å². The Morgan fingerprint density at radius 2 is 2.04 bits per heavy atom. The van der Waals surface area contributed by atoms with E-state index in [1.165, 1.54) is 12.1 Å². The maximum atomic E-state index is 13.2. The molecule has 1 aromatic heterocycles. The van der Waals surface area contributed by atoms with Crippen molar-refractivity contribution in [3.05, 3.63) is 51.0 Å². The number of thiocarbonyl (C=S) groups is 1. The number of nitrogens with two attached hydrogens (primary N) is 1. The number of halogens is 2. The van der Waals surface area contributed by atoms with Crippen LogP contribution in [0.25, 0.3) is 0 Å². The fourth-order valence-electron chi connectivity index (χ4n) is 2.55. The van der Waals surface area contributed by atoms with Gasteiger partial charge in [0.1, 0.15) is 10.8 Å². The molecule has 0 aliphatic carbocycles. The van der Waals surface area contributed by atoms with E-state index >= 15 is 0 Å². The molecule has 0 radical (unpaired) electrons. The second-order valence-corrected chi connectivity index (χ2v) is 6.15. The molecule has 122 valence electrons. The fraction of sp³-hybridized carbons (Fsp3) is 0.312. The van der Waals surface area contributed by atoms with Gasteiger partial charge < -0.3 is 11.1 Å². The molecule has 0 spiro atoms. The number of hydrogen-bond acceptors (Lipinski definition) is 4. The Labute approximate surface area is 148 Å². The van der Waals surface area contributed by atoms with E-state index in [0.717, 1.165) is 22.5 Å². The summed E-state index contributed by atoms with van der Waals surface area (Å²) in [5, 5.41) is 3.27. The zero-order valence-corrected chi connectivity index (χ0v) is 15.6. The third kappa shape index (κ3) is 3.67. The lowest BCUT2D eigenvalue weighted by Gasteiger charge is -2.28. The minimum absolute atomic E-state index is 0.0753. The molecule has 1 unspecified atom stereocenters. The summed E-state index contributed by atoms with van der Waals surface area (Å²) in [7, 11) is 0. The molecule has 0 saturated heterocycles. The molecule has 3 N–H and O–H groups in total. The molecular formula is C16H18BrFN4S. The van der Waals surface area contributed by atoms with Crippen LogP contribution in [-0.4, -0.2) is 15.0 Å². The molecule has 1 aromatic carbocycles. The molecule has 2 heterocycles. The fourth-order valence-corrected chi connectivity index (χ4v) is 3.58. The van der Waals surface area contributed by atoms with Gasteiger partial charge in [0, 0.05) is 10.9 Å². The van der Waals surface area contributed by atoms with Crippen LogP contribution in [0, 0.1) is 12.7 Å². The number of aryl methyl sites for hydroxylation is 1. The number of benzene rings is 1. The number of hydrogen-bond donors (Lipinski definition) is 2. The second kappa shape index (κ2) is 7.31. The van der Waals surface area contributed by atoms with E-state index in [1.54, 1.807) is 6.07 Å². The van der Waals surface area contributed by atoms with Crippen molar-refractivity contribution in [1.82, 2.24) is 15.3 Å². The summed E-state index contributed by atoms with van der Waals surface area (Å²) in [6.07, 6.45) is 0.618. The van der Waals surface area contributed by atoms with Crippen molar-refractivity contribution < 1.29 is 4.39 Å². The van der Waals surface area contributed by atoms with Crippen LogP contribution in [0.5, 0.6) is 0 Å². The second-order valence-electron chi connectivity index (χ2n) is 4.88. The number of anilines is 1. The van der Waals surface area contributed by atoms with Gasteiger partial charge in [0.15, 0.2) is 0 Å². The van der Waals surface area contributed by atoms with Crippen molar-refractivity contribution in [3.8, 4) is 0 Å². The normalized spacial score (nSPS) is 16.0. The quantitative estimate of drug-likeness (QED) is 0.716. The van der Waals surface area contributed by atoms with Crippen LogP contribution in [0.1, 0.15) is 42.4 Å². The van der Waals surface area contributed by atoms with Crippen molar-refractivity contribution in [1.29, 1.82) is 0 Å². The van der Waals surface area contributed by atoms with Crippen LogP contribution in [0.2, 0.25) is 0 Å². The van der Waals surface area contributed by atoms with Crippen molar-refractivity contribution in [2.75, 3.05) is 5.73 Å². The Bertz CT molecular complexity index is 751. The minimum atomic E-state index is -0.285. The SMILES string of the molecule is CC.Cc1nc(N)nc2c1C(=S)NC(c1ccc(F)cc1Br)C2. The highest BCUT2D eigenvalue weighted by molar-refractivity contribution is 9.10. The third-order valence-corrected chi connectivity index (χ3v) is 4.46. The van der Waals surface area contributed by atoms with Crippen LogP contribution in [-0.2, 0) is 6.42 Å². The van der Waals surface area contributed by atoms with Crippen LogP contribution < -0.4 is 11.1 Å². The van der Waals surface area contributed by atoms with Gasteiger partial charge in [-0.2, -0.15) is 0 Å². The van der Waals surface area contributed by atoms with E-state index in [1.807, 2.05) is 20.8 Å². The smallest absolute Gasteiger partial charge is 0.220 e. The summed E-state index contributed by atoms with van der Waals surface area (Å²) in [5.74, 6) is -0.0419. The molecule has 7 heteroatoms. The summed E-state index contributed by atoms with van der Waals surface area (Å²) in [5.41, 5.74) is 9.08. The first-order valence-electron chi connectivity index (χ1n) is 7.34. The van der Waals surface area contributed by atoms with Crippen LogP contribution in [0.3, 0.4) is 0 Å². The van der Waals surface area contributed by atoms with Crippen molar-refractivity contribution in [2.24, 2.45) is 0 Å². The van der Waals surface area contributed by atoms with Crippen LogP contribution in [0.4, 0.5) is 10.3 Å². The lowest BCUT2D eigenvalue weighted by molar-refractivity contribution is 0.603. The number of nitrogens with zero attached hydrogens (tertiary/aromatic N) is 2. The van der Waals surface area contributed by atoms with Gasteiger partial charge in [0.2, 0.25) is 5.95 Å². The molecule has 0 amide bonds. The van der Waals surface area contributed by atoms with Gasteiger partial charge in [0.05, 0.1) is 23.0 Å². The Balaban J connectivity index is 0.000000924. The Morgan fingerprint density at radius 1 is 1.35 bits per heavy atom. The summed E-state index contributed by atoms with van der Waals surface area (Å²) in [6, 6.07) is 4.53. The van der Waals surface area contributed by atoms with Gasteiger partial charge in [-0.25, -0.2) is 14.4 Å². The largest absolute Gasteiger partial charge is 0.368 e. The highest BCUT2D eigenvalue weighted by Gasteiger charge is 2.27. The molecular weight excluding hydrogens is 379 g/mol. The maximum absolute atomic E-state index is 13.2. The van der Waals surface area contributed by atoms with Gasteiger partial charge in [-0.1, -0.05) is 48.1 Å². The number of nitrogens with one attached hydrogen (secondary N) is 1. The molecule has 4 nitrogen and oxygen atoms in total. The lowest BCUT2D eigenvalue weighted by atomic mass is 9.94. The van der Waals surface area contributed by atoms with E-state index in [2.05, 4.69) is 31.2 Å². The van der Waals surface area contributed by atoms with Gasteiger partial charge in [0.25, 0.3) is 0 Å². The number of fused-ring (bicyclic) bond motifs is 1. The zero-order valence-electron chi connectivity index (χ0n) is 13.2.